The average molecular weight is 375 g/mol. The Morgan fingerprint density at radius 2 is 2.22 bits per heavy atom. The number of rotatable bonds is 7. The number of hydrogen-bond acceptors (Lipinski definition) is 5. The van der Waals surface area contributed by atoms with Crippen LogP contribution in [0.15, 0.2) is 12.1 Å². The van der Waals surface area contributed by atoms with Crippen molar-refractivity contribution in [2.24, 2.45) is 11.7 Å². The Labute approximate surface area is 160 Å². The molecule has 1 aromatic carbocycles. The number of piperidine rings is 1. The molecule has 0 aliphatic carbocycles. The summed E-state index contributed by atoms with van der Waals surface area (Å²) >= 11 is 0. The summed E-state index contributed by atoms with van der Waals surface area (Å²) in [4.78, 5) is 25.7. The predicted molar refractivity (Wildman–Crippen MR) is 102 cm³/mol. The van der Waals surface area contributed by atoms with Crippen molar-refractivity contribution in [1.82, 2.24) is 10.2 Å². The third-order valence-electron chi connectivity index (χ3n) is 5.13. The maximum atomic E-state index is 12.4. The van der Waals surface area contributed by atoms with Gasteiger partial charge in [0.05, 0.1) is 19.1 Å². The summed E-state index contributed by atoms with van der Waals surface area (Å²) in [6, 6.07) is 3.99. The Bertz CT molecular complexity index is 707. The van der Waals surface area contributed by atoms with Crippen LogP contribution in [0.2, 0.25) is 0 Å². The van der Waals surface area contributed by atoms with Crippen LogP contribution in [0.5, 0.6) is 11.5 Å². The van der Waals surface area contributed by atoms with Gasteiger partial charge in [-0.1, -0.05) is 0 Å². The first-order chi connectivity index (χ1) is 13.0. The summed E-state index contributed by atoms with van der Waals surface area (Å²) in [5.41, 5.74) is 7.46. The Morgan fingerprint density at radius 3 is 2.96 bits per heavy atom. The topological polar surface area (TPSA) is 93.9 Å². The zero-order valence-corrected chi connectivity index (χ0v) is 16.1. The third-order valence-corrected chi connectivity index (χ3v) is 5.13. The molecule has 0 radical (unpaired) electrons. The van der Waals surface area contributed by atoms with Crippen molar-refractivity contribution in [1.29, 1.82) is 0 Å². The molecule has 0 spiro atoms. The summed E-state index contributed by atoms with van der Waals surface area (Å²) in [6.07, 6.45) is 2.73. The van der Waals surface area contributed by atoms with Crippen molar-refractivity contribution in [2.45, 2.75) is 45.8 Å². The van der Waals surface area contributed by atoms with E-state index in [1.807, 2.05) is 30.9 Å². The first-order valence-electron chi connectivity index (χ1n) is 9.70. The summed E-state index contributed by atoms with van der Waals surface area (Å²) in [6.45, 7) is 6.57. The molecule has 0 bridgehead atoms. The minimum Gasteiger partial charge on any atom is -0.494 e. The van der Waals surface area contributed by atoms with Crippen LogP contribution in [0.25, 0.3) is 0 Å². The molecule has 2 heterocycles. The molecule has 0 saturated carbocycles. The van der Waals surface area contributed by atoms with Crippen molar-refractivity contribution in [3.05, 3.63) is 23.3 Å². The molecule has 0 aromatic heterocycles. The monoisotopic (exact) mass is 375 g/mol. The van der Waals surface area contributed by atoms with Gasteiger partial charge in [-0.2, -0.15) is 0 Å². The highest BCUT2D eigenvalue weighted by molar-refractivity contribution is 5.79. The number of likely N-dealkylation sites (tertiary alicyclic amines) is 1. The number of ether oxygens (including phenoxy) is 2. The minimum absolute atomic E-state index is 0.0719. The molecule has 7 heteroatoms. The lowest BCUT2D eigenvalue weighted by Crippen LogP contribution is -2.45. The highest BCUT2D eigenvalue weighted by Crippen LogP contribution is 2.35. The maximum Gasteiger partial charge on any atom is 0.234 e. The van der Waals surface area contributed by atoms with E-state index < -0.39 is 0 Å². The Kier molecular flexibility index (Phi) is 6.21. The SMILES string of the molecule is CCOc1cc2c(cc1CNC(=O)CN1CCC[C@@H](C(N)=O)C1)O[C@H](C)C2. The van der Waals surface area contributed by atoms with E-state index in [0.717, 1.165) is 48.4 Å². The molecule has 7 nitrogen and oxygen atoms in total. The molecular weight excluding hydrogens is 346 g/mol. The van der Waals surface area contributed by atoms with Crippen LogP contribution < -0.4 is 20.5 Å². The summed E-state index contributed by atoms with van der Waals surface area (Å²) in [7, 11) is 0. The van der Waals surface area contributed by atoms with Gasteiger partial charge in [0.2, 0.25) is 11.8 Å². The molecule has 148 valence electrons. The maximum absolute atomic E-state index is 12.4. The van der Waals surface area contributed by atoms with E-state index in [4.69, 9.17) is 15.2 Å². The fourth-order valence-corrected chi connectivity index (χ4v) is 3.79. The van der Waals surface area contributed by atoms with Crippen LogP contribution in [0.3, 0.4) is 0 Å². The van der Waals surface area contributed by atoms with Gasteiger partial charge in [-0.15, -0.1) is 0 Å². The zero-order chi connectivity index (χ0) is 19.4. The number of primary amides is 1. The van der Waals surface area contributed by atoms with E-state index in [0.29, 0.717) is 19.7 Å². The number of hydrogen-bond donors (Lipinski definition) is 2. The van der Waals surface area contributed by atoms with Gasteiger partial charge in [0.1, 0.15) is 17.6 Å². The fourth-order valence-electron chi connectivity index (χ4n) is 3.79. The second-order valence-corrected chi connectivity index (χ2v) is 7.39. The quantitative estimate of drug-likeness (QED) is 0.747. The van der Waals surface area contributed by atoms with E-state index in [2.05, 4.69) is 5.32 Å². The molecule has 3 rings (SSSR count). The molecule has 27 heavy (non-hydrogen) atoms. The first kappa shape index (κ1) is 19.5. The molecule has 1 fully saturated rings. The largest absolute Gasteiger partial charge is 0.494 e. The Morgan fingerprint density at radius 1 is 1.41 bits per heavy atom. The average Bonchev–Trinajstić information content (AvgIpc) is 2.99. The van der Waals surface area contributed by atoms with Gasteiger partial charge < -0.3 is 20.5 Å². The van der Waals surface area contributed by atoms with E-state index >= 15 is 0 Å². The molecular formula is C20H29N3O4. The number of carbonyl (C=O) groups excluding carboxylic acids is 2. The van der Waals surface area contributed by atoms with Gasteiger partial charge >= 0.3 is 0 Å². The summed E-state index contributed by atoms with van der Waals surface area (Å²) < 4.78 is 11.6. The van der Waals surface area contributed by atoms with Crippen molar-refractivity contribution in [3.63, 3.8) is 0 Å². The van der Waals surface area contributed by atoms with Crippen molar-refractivity contribution in [3.8, 4) is 11.5 Å². The number of fused-ring (bicyclic) bond motifs is 1. The van der Waals surface area contributed by atoms with Crippen LogP contribution in [-0.2, 0) is 22.6 Å². The number of benzene rings is 1. The third kappa shape index (κ3) is 4.91. The summed E-state index contributed by atoms with van der Waals surface area (Å²) in [5.74, 6) is 1.15. The van der Waals surface area contributed by atoms with Crippen molar-refractivity contribution < 1.29 is 19.1 Å². The predicted octanol–water partition coefficient (Wildman–Crippen LogP) is 1.22. The van der Waals surface area contributed by atoms with Crippen LogP contribution in [0.4, 0.5) is 0 Å². The molecule has 2 aliphatic heterocycles. The summed E-state index contributed by atoms with van der Waals surface area (Å²) in [5, 5.41) is 2.96. The fraction of sp³-hybridized carbons (Fsp3) is 0.600. The Hall–Kier alpha value is -2.28. The van der Waals surface area contributed by atoms with Crippen LogP contribution in [-0.4, -0.2) is 49.1 Å². The van der Waals surface area contributed by atoms with E-state index in [1.165, 1.54) is 0 Å². The number of nitrogens with one attached hydrogen (secondary N) is 1. The first-order valence-corrected chi connectivity index (χ1v) is 9.70. The van der Waals surface area contributed by atoms with Crippen molar-refractivity contribution in [2.75, 3.05) is 26.2 Å². The van der Waals surface area contributed by atoms with E-state index in [-0.39, 0.29) is 30.4 Å². The van der Waals surface area contributed by atoms with Crippen LogP contribution in [0, 0.1) is 5.92 Å². The Balaban J connectivity index is 1.58. The molecule has 0 unspecified atom stereocenters. The van der Waals surface area contributed by atoms with Gasteiger partial charge in [0.15, 0.2) is 0 Å². The molecule has 3 N–H and O–H groups in total. The van der Waals surface area contributed by atoms with E-state index in [1.54, 1.807) is 0 Å². The smallest absolute Gasteiger partial charge is 0.234 e. The second kappa shape index (κ2) is 8.61. The number of carbonyl (C=O) groups is 2. The second-order valence-electron chi connectivity index (χ2n) is 7.39. The van der Waals surface area contributed by atoms with Gasteiger partial charge in [0, 0.05) is 30.6 Å². The minimum atomic E-state index is -0.283. The highest BCUT2D eigenvalue weighted by atomic mass is 16.5. The molecule has 1 aromatic rings. The molecule has 2 atom stereocenters. The van der Waals surface area contributed by atoms with Gasteiger partial charge in [0.25, 0.3) is 0 Å². The lowest BCUT2D eigenvalue weighted by molar-refractivity contribution is -0.126. The number of nitrogens with two attached hydrogens (primary N) is 1. The lowest BCUT2D eigenvalue weighted by atomic mass is 9.97. The lowest BCUT2D eigenvalue weighted by Gasteiger charge is -2.30. The normalized spacial score (nSPS) is 22.0. The van der Waals surface area contributed by atoms with Gasteiger partial charge in [-0.05, 0) is 45.4 Å². The molecule has 1 saturated heterocycles. The number of nitrogens with zero attached hydrogens (tertiary/aromatic N) is 1. The van der Waals surface area contributed by atoms with Crippen LogP contribution >= 0.6 is 0 Å². The standard InChI is InChI=1S/C20H29N3O4/c1-3-26-17-8-15-7-13(2)27-18(15)9-16(17)10-22-19(24)12-23-6-4-5-14(11-23)20(21)25/h8-9,13-14H,3-7,10-12H2,1-2H3,(H2,21,25)(H,22,24)/t13-,14-/m1/s1. The van der Waals surface area contributed by atoms with E-state index in [9.17, 15) is 9.59 Å². The zero-order valence-electron chi connectivity index (χ0n) is 16.1. The van der Waals surface area contributed by atoms with Crippen LogP contribution in [0.1, 0.15) is 37.8 Å². The molecule has 2 aliphatic rings. The van der Waals surface area contributed by atoms with Gasteiger partial charge in [-0.3, -0.25) is 14.5 Å². The number of amides is 2. The molecule has 2 amide bonds. The highest BCUT2D eigenvalue weighted by Gasteiger charge is 2.25. The van der Waals surface area contributed by atoms with Gasteiger partial charge in [-0.25, -0.2) is 0 Å². The van der Waals surface area contributed by atoms with Crippen molar-refractivity contribution >= 4 is 11.8 Å².